The van der Waals surface area contributed by atoms with E-state index in [1.165, 1.54) is 22.6 Å². The van der Waals surface area contributed by atoms with Gasteiger partial charge in [0.1, 0.15) is 5.83 Å². The zero-order valence-electron chi connectivity index (χ0n) is 11.0. The van der Waals surface area contributed by atoms with E-state index in [1.54, 1.807) is 0 Å². The van der Waals surface area contributed by atoms with Crippen molar-refractivity contribution >= 4 is 22.6 Å². The van der Waals surface area contributed by atoms with Gasteiger partial charge in [0.15, 0.2) is 3.83 Å². The van der Waals surface area contributed by atoms with Crippen molar-refractivity contribution in [1.29, 1.82) is 0 Å². The second-order valence-corrected chi connectivity index (χ2v) is 6.09. The summed E-state index contributed by atoms with van der Waals surface area (Å²) in [6, 6.07) is 0. The fourth-order valence-electron chi connectivity index (χ4n) is 1.39. The highest BCUT2D eigenvalue weighted by Crippen LogP contribution is 2.21. The molecule has 0 atom stereocenters. The Labute approximate surface area is 117 Å². The second-order valence-electron chi connectivity index (χ2n) is 5.14. The molecule has 0 spiro atoms. The van der Waals surface area contributed by atoms with Crippen molar-refractivity contribution in [3.8, 4) is 0 Å². The van der Waals surface area contributed by atoms with Crippen molar-refractivity contribution < 1.29 is 13.5 Å². The number of hydrogen-bond acceptors (Lipinski definition) is 1. The van der Waals surface area contributed by atoms with E-state index < -0.39 is 9.66 Å². The lowest BCUT2D eigenvalue weighted by molar-refractivity contribution is -0.00474. The Morgan fingerprint density at radius 1 is 1.00 bits per heavy atom. The van der Waals surface area contributed by atoms with Crippen molar-refractivity contribution in [3.63, 3.8) is 0 Å². The lowest BCUT2D eigenvalue weighted by Gasteiger charge is -2.19. The van der Waals surface area contributed by atoms with Gasteiger partial charge in [0.25, 0.3) is 0 Å². The number of ether oxygens (including phenoxy) is 1. The van der Waals surface area contributed by atoms with Gasteiger partial charge in [-0.25, -0.2) is 4.39 Å². The van der Waals surface area contributed by atoms with Crippen LogP contribution in [-0.4, -0.2) is 12.2 Å². The smallest absolute Gasteiger partial charge is 0.191 e. The molecule has 0 aromatic rings. The average Bonchev–Trinajstić information content (AvgIpc) is 2.19. The summed E-state index contributed by atoms with van der Waals surface area (Å²) in [5, 5.41) is 0. The zero-order chi connectivity index (χ0) is 13.3. The fourth-order valence-corrected chi connectivity index (χ4v) is 1.66. The van der Waals surface area contributed by atoms with Gasteiger partial charge in [-0.05, 0) is 56.2 Å². The molecule has 0 aliphatic rings. The molecule has 0 saturated heterocycles. The quantitative estimate of drug-likeness (QED) is 0.399. The van der Waals surface area contributed by atoms with Crippen LogP contribution in [0.5, 0.6) is 0 Å². The Morgan fingerprint density at radius 3 is 2.06 bits per heavy atom. The number of halogens is 3. The van der Waals surface area contributed by atoms with Crippen molar-refractivity contribution in [2.45, 2.75) is 64.9 Å². The first-order valence-corrected chi connectivity index (χ1v) is 7.24. The monoisotopic (exact) mass is 360 g/mol. The molecule has 0 radical (unpaired) electrons. The highest BCUT2D eigenvalue weighted by molar-refractivity contribution is 14.1. The highest BCUT2D eigenvalue weighted by atomic mass is 127. The maximum atomic E-state index is 12.8. The molecule has 1 nitrogen and oxygen atoms in total. The second kappa shape index (κ2) is 9.25. The summed E-state index contributed by atoms with van der Waals surface area (Å²) in [4.78, 5) is 0. The summed E-state index contributed by atoms with van der Waals surface area (Å²) in [5.74, 6) is -0.610. The Kier molecular flexibility index (Phi) is 9.41. The molecule has 0 aromatic carbocycles. The molecule has 17 heavy (non-hydrogen) atoms. The number of hydrogen-bond donors (Lipinski definition) is 0. The van der Waals surface area contributed by atoms with Gasteiger partial charge in [0.2, 0.25) is 0 Å². The lowest BCUT2D eigenvalue weighted by Crippen LogP contribution is -2.19. The first kappa shape index (κ1) is 17.3. The van der Waals surface area contributed by atoms with Crippen molar-refractivity contribution in [1.82, 2.24) is 0 Å². The van der Waals surface area contributed by atoms with Gasteiger partial charge in [-0.2, -0.15) is 4.39 Å². The van der Waals surface area contributed by atoms with Gasteiger partial charge in [0.05, 0.1) is 5.60 Å². The number of allylic oxidation sites excluding steroid dienone is 1. The average molecular weight is 360 g/mol. The standard InChI is InChI=1S/C13H23F2IO/c1-13(2,3)17-10-8-6-4-5-7-9-11(14)12(15)16/h4-10H2,1-3H3/b12-11-. The molecule has 0 fully saturated rings. The molecule has 0 rings (SSSR count). The molecule has 0 saturated carbocycles. The first-order valence-electron chi connectivity index (χ1n) is 6.16. The van der Waals surface area contributed by atoms with Gasteiger partial charge >= 0.3 is 0 Å². The van der Waals surface area contributed by atoms with Crippen molar-refractivity contribution in [3.05, 3.63) is 9.66 Å². The third kappa shape index (κ3) is 12.5. The van der Waals surface area contributed by atoms with Gasteiger partial charge in [-0.3, -0.25) is 0 Å². The molecule has 4 heteroatoms. The molecule has 0 aromatic heterocycles. The Hall–Kier alpha value is 0.290. The number of unbranched alkanes of at least 4 members (excludes halogenated alkanes) is 4. The van der Waals surface area contributed by atoms with Crippen LogP contribution in [0.3, 0.4) is 0 Å². The van der Waals surface area contributed by atoms with E-state index in [0.717, 1.165) is 38.7 Å². The number of rotatable bonds is 8. The van der Waals surface area contributed by atoms with E-state index in [0.29, 0.717) is 0 Å². The van der Waals surface area contributed by atoms with E-state index in [9.17, 15) is 8.78 Å². The third-order valence-electron chi connectivity index (χ3n) is 2.28. The van der Waals surface area contributed by atoms with Crippen molar-refractivity contribution in [2.75, 3.05) is 6.61 Å². The van der Waals surface area contributed by atoms with Crippen LogP contribution in [0, 0.1) is 0 Å². The minimum Gasteiger partial charge on any atom is -0.376 e. The van der Waals surface area contributed by atoms with Crippen LogP contribution in [-0.2, 0) is 4.74 Å². The topological polar surface area (TPSA) is 9.23 Å². The molecule has 0 bridgehead atoms. The van der Waals surface area contributed by atoms with E-state index >= 15 is 0 Å². The summed E-state index contributed by atoms with van der Waals surface area (Å²) in [6.07, 6.45) is 5.09. The molecular weight excluding hydrogens is 337 g/mol. The van der Waals surface area contributed by atoms with Gasteiger partial charge in [-0.1, -0.05) is 19.3 Å². The molecular formula is C13H23F2IO. The van der Waals surface area contributed by atoms with E-state index in [-0.39, 0.29) is 12.0 Å². The van der Waals surface area contributed by atoms with Gasteiger partial charge in [-0.15, -0.1) is 0 Å². The predicted molar refractivity (Wildman–Crippen MR) is 76.7 cm³/mol. The maximum Gasteiger partial charge on any atom is 0.191 e. The summed E-state index contributed by atoms with van der Waals surface area (Å²) in [7, 11) is 0. The fraction of sp³-hybridized carbons (Fsp3) is 0.846. The van der Waals surface area contributed by atoms with Crippen LogP contribution in [0.15, 0.2) is 9.66 Å². The summed E-state index contributed by atoms with van der Waals surface area (Å²) in [6.45, 7) is 6.90. The van der Waals surface area contributed by atoms with Crippen molar-refractivity contribution in [2.24, 2.45) is 0 Å². The SMILES string of the molecule is CC(C)(C)OCCCCCCC/C(F)=C(\F)I. The summed E-state index contributed by atoms with van der Waals surface area (Å²) >= 11 is 1.38. The van der Waals surface area contributed by atoms with E-state index in [1.807, 2.05) is 20.8 Å². The van der Waals surface area contributed by atoms with Crippen LogP contribution in [0.4, 0.5) is 8.78 Å². The van der Waals surface area contributed by atoms with Gasteiger partial charge < -0.3 is 4.74 Å². The molecule has 0 unspecified atom stereocenters. The minimum atomic E-state index is -0.707. The molecule has 0 heterocycles. The van der Waals surface area contributed by atoms with Gasteiger partial charge in [0, 0.05) is 13.0 Å². The minimum absolute atomic E-state index is 0.0638. The molecule has 0 aliphatic carbocycles. The normalized spacial score (nSPS) is 13.8. The Bertz CT molecular complexity index is 230. The Morgan fingerprint density at radius 2 is 1.53 bits per heavy atom. The van der Waals surface area contributed by atoms with Crippen LogP contribution in [0.2, 0.25) is 0 Å². The molecule has 0 aliphatic heterocycles. The summed E-state index contributed by atoms with van der Waals surface area (Å²) in [5.41, 5.74) is -0.0638. The first-order chi connectivity index (χ1) is 7.83. The molecule has 102 valence electrons. The highest BCUT2D eigenvalue weighted by Gasteiger charge is 2.08. The third-order valence-corrected chi connectivity index (χ3v) is 2.87. The molecule has 0 N–H and O–H groups in total. The van der Waals surface area contributed by atoms with Crippen LogP contribution in [0.1, 0.15) is 59.3 Å². The summed E-state index contributed by atoms with van der Waals surface area (Å²) < 4.78 is 30.0. The van der Waals surface area contributed by atoms with E-state index in [4.69, 9.17) is 4.74 Å². The van der Waals surface area contributed by atoms with Crippen LogP contribution in [0.25, 0.3) is 0 Å². The predicted octanol–water partition coefficient (Wildman–Crippen LogP) is 5.69. The largest absolute Gasteiger partial charge is 0.376 e. The molecule has 0 amide bonds. The maximum absolute atomic E-state index is 12.8. The lowest BCUT2D eigenvalue weighted by atomic mass is 10.1. The van der Waals surface area contributed by atoms with Crippen LogP contribution < -0.4 is 0 Å². The van der Waals surface area contributed by atoms with E-state index in [2.05, 4.69) is 0 Å². The Balaban J connectivity index is 3.28. The zero-order valence-corrected chi connectivity index (χ0v) is 13.1. The van der Waals surface area contributed by atoms with Crippen LogP contribution >= 0.6 is 22.6 Å².